The standard InChI is InChI=1S/C33H54O4.C16H34.C3H8/c1-24(34)8-6-13-31(35)14-7-15-33(36)37-32(18-16-25-20-27-9-2-3-10-28(27)21-25)19-17-26-22-29-11-4-5-12-30(29)23-26;1-4-6-8-10-12-14-16(3)15-13-11-9-7-5-2;1-3-2/h25-30,32H,2-23H2,1H3;16H,4-15H2,1-3H3;3H2,1-2H3. The Balaban J connectivity index is 0.000000478. The number of rotatable bonds is 27. The molecule has 0 amide bonds. The molecule has 0 aromatic rings. The van der Waals surface area contributed by atoms with Crippen molar-refractivity contribution in [2.24, 2.45) is 41.4 Å². The fourth-order valence-corrected chi connectivity index (χ4v) is 11.0. The van der Waals surface area contributed by atoms with Gasteiger partial charge in [-0.3, -0.25) is 9.59 Å². The minimum Gasteiger partial charge on any atom is -0.462 e. The number of ether oxygens (including phenoxy) is 1. The second-order valence-electron chi connectivity index (χ2n) is 19.7. The maximum atomic E-state index is 12.8. The Morgan fingerprint density at radius 3 is 1.30 bits per heavy atom. The first-order valence-corrected chi connectivity index (χ1v) is 25.4. The van der Waals surface area contributed by atoms with Crippen LogP contribution in [0.5, 0.6) is 0 Å². The van der Waals surface area contributed by atoms with Gasteiger partial charge in [0.25, 0.3) is 0 Å². The Kier molecular flexibility index (Phi) is 29.7. The lowest BCUT2D eigenvalue weighted by Crippen LogP contribution is -2.20. The van der Waals surface area contributed by atoms with Gasteiger partial charge in [0.2, 0.25) is 0 Å². The van der Waals surface area contributed by atoms with E-state index in [0.29, 0.717) is 38.5 Å². The van der Waals surface area contributed by atoms with Gasteiger partial charge in [-0.1, -0.05) is 169 Å². The van der Waals surface area contributed by atoms with Gasteiger partial charge in [-0.05, 0) is 113 Å². The first-order chi connectivity index (χ1) is 27.2. The summed E-state index contributed by atoms with van der Waals surface area (Å²) in [7, 11) is 0. The van der Waals surface area contributed by atoms with Crippen LogP contribution < -0.4 is 0 Å². The van der Waals surface area contributed by atoms with Crippen LogP contribution in [-0.4, -0.2) is 23.6 Å². The summed E-state index contributed by atoms with van der Waals surface area (Å²) in [5.74, 6) is 6.69. The van der Waals surface area contributed by atoms with Crippen LogP contribution in [0.1, 0.15) is 266 Å². The highest BCUT2D eigenvalue weighted by atomic mass is 16.5. The van der Waals surface area contributed by atoms with Crippen molar-refractivity contribution in [2.75, 3.05) is 0 Å². The van der Waals surface area contributed by atoms with Gasteiger partial charge in [0, 0.05) is 25.7 Å². The molecule has 0 heterocycles. The van der Waals surface area contributed by atoms with E-state index >= 15 is 0 Å². The van der Waals surface area contributed by atoms with Crippen molar-refractivity contribution in [1.29, 1.82) is 0 Å². The molecule has 0 N–H and O–H groups in total. The molecule has 4 heteroatoms. The number of fused-ring (bicyclic) bond motifs is 2. The lowest BCUT2D eigenvalue weighted by Gasteiger charge is -2.24. The number of Topliss-reactive ketones (excluding diaryl/α,β-unsaturated/α-hetero) is 2. The molecule has 0 spiro atoms. The summed E-state index contributed by atoms with van der Waals surface area (Å²) in [6, 6.07) is 0. The molecule has 56 heavy (non-hydrogen) atoms. The molecule has 4 nitrogen and oxygen atoms in total. The summed E-state index contributed by atoms with van der Waals surface area (Å²) >= 11 is 0. The van der Waals surface area contributed by atoms with Gasteiger partial charge in [-0.15, -0.1) is 0 Å². The molecule has 0 aliphatic heterocycles. The maximum absolute atomic E-state index is 12.8. The SMILES string of the molecule is CC(=O)CCCC(=O)CCCC(=O)OC(CCC1CC2CCCCC2C1)CCC1CC2CCCCC2C1.CCC.CCCCCCCC(C)CCCCCCC. The van der Waals surface area contributed by atoms with E-state index in [9.17, 15) is 14.4 Å². The molecule has 4 saturated carbocycles. The summed E-state index contributed by atoms with van der Waals surface area (Å²) in [4.78, 5) is 35.9. The molecule has 4 atom stereocenters. The lowest BCUT2D eigenvalue weighted by molar-refractivity contribution is -0.150. The van der Waals surface area contributed by atoms with Crippen molar-refractivity contribution in [2.45, 2.75) is 272 Å². The summed E-state index contributed by atoms with van der Waals surface area (Å²) < 4.78 is 6.11. The smallest absolute Gasteiger partial charge is 0.306 e. The second-order valence-corrected chi connectivity index (χ2v) is 19.7. The van der Waals surface area contributed by atoms with E-state index in [1.54, 1.807) is 6.92 Å². The number of hydrogen-bond acceptors (Lipinski definition) is 4. The van der Waals surface area contributed by atoms with Gasteiger partial charge < -0.3 is 9.53 Å². The number of carbonyl (C=O) groups excluding carboxylic acids is 3. The van der Waals surface area contributed by atoms with Gasteiger partial charge >= 0.3 is 5.97 Å². The third-order valence-electron chi connectivity index (χ3n) is 14.2. The Bertz CT molecular complexity index is 911. The van der Waals surface area contributed by atoms with Gasteiger partial charge in [0.1, 0.15) is 17.7 Å². The van der Waals surface area contributed by atoms with E-state index in [0.717, 1.165) is 54.3 Å². The Hall–Kier alpha value is -1.19. The zero-order valence-electron chi connectivity index (χ0n) is 38.5. The molecule has 4 aliphatic rings. The molecule has 0 bridgehead atoms. The van der Waals surface area contributed by atoms with E-state index in [1.165, 1.54) is 173 Å². The third-order valence-corrected chi connectivity index (χ3v) is 14.2. The van der Waals surface area contributed by atoms with Crippen LogP contribution in [0.4, 0.5) is 0 Å². The molecule has 4 aliphatic carbocycles. The van der Waals surface area contributed by atoms with Crippen LogP contribution in [0.25, 0.3) is 0 Å². The molecule has 328 valence electrons. The summed E-state index contributed by atoms with van der Waals surface area (Å²) in [6.45, 7) is 12.8. The molecule has 0 radical (unpaired) electrons. The average Bonchev–Trinajstić information content (AvgIpc) is 3.80. The number of unbranched alkanes of at least 4 members (excludes halogenated alkanes) is 8. The zero-order chi connectivity index (χ0) is 40.8. The van der Waals surface area contributed by atoms with Crippen molar-refractivity contribution in [3.05, 3.63) is 0 Å². The van der Waals surface area contributed by atoms with Crippen molar-refractivity contribution in [1.82, 2.24) is 0 Å². The average molecular weight is 785 g/mol. The van der Waals surface area contributed by atoms with E-state index < -0.39 is 0 Å². The van der Waals surface area contributed by atoms with Gasteiger partial charge in [0.15, 0.2) is 0 Å². The van der Waals surface area contributed by atoms with Crippen LogP contribution in [0.15, 0.2) is 0 Å². The van der Waals surface area contributed by atoms with Crippen LogP contribution in [-0.2, 0) is 19.1 Å². The number of carbonyl (C=O) groups is 3. The fraction of sp³-hybridized carbons (Fsp3) is 0.942. The first-order valence-electron chi connectivity index (χ1n) is 25.4. The van der Waals surface area contributed by atoms with Crippen molar-refractivity contribution in [3.8, 4) is 0 Å². The van der Waals surface area contributed by atoms with Crippen molar-refractivity contribution in [3.63, 3.8) is 0 Å². The van der Waals surface area contributed by atoms with E-state index in [-0.39, 0.29) is 23.6 Å². The summed E-state index contributed by atoms with van der Waals surface area (Å²) in [6.07, 6.45) is 43.1. The first kappa shape index (κ1) is 51.0. The fourth-order valence-electron chi connectivity index (χ4n) is 11.0. The molecule has 0 saturated heterocycles. The highest BCUT2D eigenvalue weighted by molar-refractivity contribution is 5.80. The number of hydrogen-bond donors (Lipinski definition) is 0. The van der Waals surface area contributed by atoms with Gasteiger partial charge in [-0.25, -0.2) is 0 Å². The lowest BCUT2D eigenvalue weighted by atomic mass is 9.82. The molecule has 4 unspecified atom stereocenters. The zero-order valence-corrected chi connectivity index (χ0v) is 38.5. The van der Waals surface area contributed by atoms with Gasteiger partial charge in [0.05, 0.1) is 0 Å². The third kappa shape index (κ3) is 24.0. The normalized spacial score (nSPS) is 24.6. The van der Waals surface area contributed by atoms with Crippen LogP contribution in [0, 0.1) is 41.4 Å². The molecular formula is C52H96O4. The quantitative estimate of drug-likeness (QED) is 0.0615. The predicted molar refractivity (Wildman–Crippen MR) is 240 cm³/mol. The second kappa shape index (κ2) is 32.6. The molecular weight excluding hydrogens is 689 g/mol. The van der Waals surface area contributed by atoms with Crippen LogP contribution in [0.2, 0.25) is 0 Å². The summed E-state index contributed by atoms with van der Waals surface area (Å²) in [5, 5.41) is 0. The minimum atomic E-state index is -0.110. The Morgan fingerprint density at radius 2 is 0.911 bits per heavy atom. The minimum absolute atomic E-state index is 0.0593. The molecule has 4 fully saturated rings. The molecule has 4 rings (SSSR count). The maximum Gasteiger partial charge on any atom is 0.306 e. The Morgan fingerprint density at radius 1 is 0.518 bits per heavy atom. The molecule has 0 aromatic heterocycles. The van der Waals surface area contributed by atoms with Gasteiger partial charge in [-0.2, -0.15) is 0 Å². The highest BCUT2D eigenvalue weighted by Crippen LogP contribution is 2.48. The monoisotopic (exact) mass is 785 g/mol. The topological polar surface area (TPSA) is 60.4 Å². The van der Waals surface area contributed by atoms with Crippen molar-refractivity contribution < 1.29 is 19.1 Å². The van der Waals surface area contributed by atoms with E-state index in [4.69, 9.17) is 4.74 Å². The van der Waals surface area contributed by atoms with Crippen LogP contribution >= 0.6 is 0 Å². The van der Waals surface area contributed by atoms with Crippen molar-refractivity contribution >= 4 is 17.5 Å². The van der Waals surface area contributed by atoms with E-state index in [1.807, 2.05) is 0 Å². The number of esters is 1. The van der Waals surface area contributed by atoms with E-state index in [2.05, 4.69) is 34.6 Å². The van der Waals surface area contributed by atoms with Crippen LogP contribution in [0.3, 0.4) is 0 Å². The highest BCUT2D eigenvalue weighted by Gasteiger charge is 2.37. The predicted octanol–water partition coefficient (Wildman–Crippen LogP) is 16.1. The number of ketones is 2. The Labute approximate surface area is 349 Å². The summed E-state index contributed by atoms with van der Waals surface area (Å²) in [5.41, 5.74) is 0. The largest absolute Gasteiger partial charge is 0.462 e. The molecule has 0 aromatic carbocycles.